The number of carbonyl (C=O) groups is 1. The predicted octanol–water partition coefficient (Wildman–Crippen LogP) is 4.92. The molecule has 2 aliphatic rings. The average Bonchev–Trinajstić information content (AvgIpc) is 2.99. The quantitative estimate of drug-likeness (QED) is 0.646. The number of benzene rings is 2. The zero-order valence-corrected chi connectivity index (χ0v) is 20.0. The number of ether oxygens (including phenoxy) is 1. The van der Waals surface area contributed by atoms with E-state index in [1.807, 2.05) is 26.8 Å². The highest BCUT2D eigenvalue weighted by molar-refractivity contribution is 8.27. The van der Waals surface area contributed by atoms with Crippen molar-refractivity contribution < 1.29 is 23.0 Å². The van der Waals surface area contributed by atoms with Gasteiger partial charge in [-0.2, -0.15) is 0 Å². The molecule has 2 N–H and O–H groups in total. The number of carbonyl (C=O) groups excluding carboxylic acids is 1. The molecule has 0 radical (unpaired) electrons. The van der Waals surface area contributed by atoms with Crippen molar-refractivity contribution in [1.82, 2.24) is 9.80 Å². The summed E-state index contributed by atoms with van der Waals surface area (Å²) in [6, 6.07) is 13.4. The summed E-state index contributed by atoms with van der Waals surface area (Å²) in [5.41, 5.74) is 0.591. The van der Waals surface area contributed by atoms with Crippen LogP contribution >= 0.6 is 11.0 Å². The van der Waals surface area contributed by atoms with Gasteiger partial charge in [0.2, 0.25) is 0 Å². The normalized spacial score (nSPS) is 19.4. The highest BCUT2D eigenvalue weighted by atomic mass is 32.3. The third kappa shape index (κ3) is 4.89. The first-order chi connectivity index (χ1) is 15.6. The lowest BCUT2D eigenvalue weighted by molar-refractivity contribution is 0.0148. The van der Waals surface area contributed by atoms with Gasteiger partial charge in [-0.1, -0.05) is 24.3 Å². The summed E-state index contributed by atoms with van der Waals surface area (Å²) >= 11 is 0. The molecule has 0 unspecified atom stereocenters. The summed E-state index contributed by atoms with van der Waals surface area (Å²) in [6.07, 6.45) is -0.321. The zero-order chi connectivity index (χ0) is 23.8. The van der Waals surface area contributed by atoms with Crippen LogP contribution in [0.15, 0.2) is 48.5 Å². The lowest BCUT2D eigenvalue weighted by Crippen LogP contribution is -2.51. The maximum Gasteiger partial charge on any atom is 0.410 e. The molecule has 0 spiro atoms. The van der Waals surface area contributed by atoms with Crippen LogP contribution in [0.1, 0.15) is 20.8 Å². The Hall–Kier alpha value is -2.53. The van der Waals surface area contributed by atoms with Gasteiger partial charge in [-0.3, -0.25) is 14.0 Å². The first-order valence-corrected chi connectivity index (χ1v) is 12.4. The van der Waals surface area contributed by atoms with E-state index in [-0.39, 0.29) is 11.8 Å². The number of fused-ring (bicyclic) bond motifs is 1. The van der Waals surface area contributed by atoms with Crippen LogP contribution in [-0.2, 0) is 4.74 Å². The van der Waals surface area contributed by atoms with Gasteiger partial charge in [-0.25, -0.2) is 17.8 Å². The van der Waals surface area contributed by atoms with Crippen LogP contribution in [0.5, 0.6) is 0 Å². The number of amides is 1. The number of para-hydroxylation sites is 2. The molecule has 1 saturated heterocycles. The van der Waals surface area contributed by atoms with E-state index >= 15 is 0 Å². The molecule has 0 atom stereocenters. The fourth-order valence-corrected chi connectivity index (χ4v) is 5.81. The minimum absolute atomic E-state index is 0.165. The van der Waals surface area contributed by atoms with Crippen molar-refractivity contribution in [3.8, 4) is 0 Å². The molecule has 8 nitrogen and oxygen atoms in total. The second-order valence-corrected chi connectivity index (χ2v) is 10.9. The van der Waals surface area contributed by atoms with Gasteiger partial charge in [0.15, 0.2) is 5.82 Å². The second kappa shape index (κ2) is 9.02. The second-order valence-electron chi connectivity index (χ2n) is 9.14. The number of piperazine rings is 1. The summed E-state index contributed by atoms with van der Waals surface area (Å²) in [4.78, 5) is 16.1. The number of hydrogen-bond acceptors (Lipinski definition) is 7. The van der Waals surface area contributed by atoms with Gasteiger partial charge in [-0.15, -0.1) is 0 Å². The van der Waals surface area contributed by atoms with Gasteiger partial charge in [0, 0.05) is 32.7 Å². The molecule has 2 aliphatic heterocycles. The van der Waals surface area contributed by atoms with Crippen LogP contribution in [0.25, 0.3) is 0 Å². The largest absolute Gasteiger partial charge is 0.444 e. The number of halogens is 1. The minimum atomic E-state index is -3.49. The van der Waals surface area contributed by atoms with E-state index in [4.69, 9.17) is 4.74 Å². The molecule has 0 aliphatic carbocycles. The van der Waals surface area contributed by atoms with E-state index < -0.39 is 22.4 Å². The van der Waals surface area contributed by atoms with Crippen molar-refractivity contribution in [3.05, 3.63) is 54.3 Å². The summed E-state index contributed by atoms with van der Waals surface area (Å²) in [5.74, 6) is -0.509. The highest BCUT2D eigenvalue weighted by Crippen LogP contribution is 2.64. The number of hydrogen-bond donors (Lipinski definition) is 2. The van der Waals surface area contributed by atoms with Crippen LogP contribution < -0.4 is 8.61 Å². The summed E-state index contributed by atoms with van der Waals surface area (Å²) in [5, 5.41) is 0. The van der Waals surface area contributed by atoms with Crippen molar-refractivity contribution in [2.24, 2.45) is 0 Å². The first-order valence-electron chi connectivity index (χ1n) is 11.0. The van der Waals surface area contributed by atoms with Crippen molar-refractivity contribution >= 4 is 34.1 Å². The molecule has 0 bridgehead atoms. The van der Waals surface area contributed by atoms with Crippen LogP contribution in [0, 0.1) is 5.82 Å². The Morgan fingerprint density at radius 3 is 2.30 bits per heavy atom. The molecule has 1 fully saturated rings. The van der Waals surface area contributed by atoms with Gasteiger partial charge in [0.1, 0.15) is 11.3 Å². The Morgan fingerprint density at radius 1 is 1.00 bits per heavy atom. The number of nitrogens with zero attached hydrogens (tertiary/aromatic N) is 4. The molecule has 180 valence electrons. The van der Waals surface area contributed by atoms with Crippen molar-refractivity contribution in [2.45, 2.75) is 26.4 Å². The van der Waals surface area contributed by atoms with Crippen molar-refractivity contribution in [2.75, 3.05) is 47.9 Å². The highest BCUT2D eigenvalue weighted by Gasteiger charge is 2.43. The first kappa shape index (κ1) is 23.6. The molecule has 0 saturated carbocycles. The SMILES string of the molecule is CC(C)(C)OC(=O)N1CCN(CCN2c3cccc(F)c3N(c3ccccc3)S2(O)O)CC1. The van der Waals surface area contributed by atoms with Crippen LogP contribution in [-0.4, -0.2) is 69.9 Å². The smallest absolute Gasteiger partial charge is 0.410 e. The summed E-state index contributed by atoms with van der Waals surface area (Å²) in [6.45, 7) is 8.72. The van der Waals surface area contributed by atoms with Gasteiger partial charge < -0.3 is 9.64 Å². The van der Waals surface area contributed by atoms with Gasteiger partial charge in [0.05, 0.1) is 17.9 Å². The Bertz CT molecular complexity index is 994. The van der Waals surface area contributed by atoms with Crippen LogP contribution in [0.2, 0.25) is 0 Å². The van der Waals surface area contributed by atoms with E-state index in [0.29, 0.717) is 50.6 Å². The lowest BCUT2D eigenvalue weighted by Gasteiger charge is -2.44. The minimum Gasteiger partial charge on any atom is -0.444 e. The summed E-state index contributed by atoms with van der Waals surface area (Å²) in [7, 11) is -3.49. The molecule has 2 aromatic rings. The maximum atomic E-state index is 14.8. The molecule has 2 aromatic carbocycles. The predicted molar refractivity (Wildman–Crippen MR) is 129 cm³/mol. The molecule has 2 heterocycles. The maximum absolute atomic E-state index is 14.8. The van der Waals surface area contributed by atoms with Crippen molar-refractivity contribution in [1.29, 1.82) is 0 Å². The van der Waals surface area contributed by atoms with Crippen molar-refractivity contribution in [3.63, 3.8) is 0 Å². The lowest BCUT2D eigenvalue weighted by atomic mass is 10.2. The molecule has 1 amide bonds. The Morgan fingerprint density at radius 2 is 1.67 bits per heavy atom. The van der Waals surface area contributed by atoms with E-state index in [9.17, 15) is 18.3 Å². The molecule has 4 rings (SSSR count). The van der Waals surface area contributed by atoms with E-state index in [0.717, 1.165) is 0 Å². The Labute approximate surface area is 195 Å². The third-order valence-electron chi connectivity index (χ3n) is 5.61. The Kier molecular flexibility index (Phi) is 6.45. The zero-order valence-electron chi connectivity index (χ0n) is 19.1. The molecular formula is C23H31FN4O4S. The van der Waals surface area contributed by atoms with E-state index in [1.165, 1.54) is 14.7 Å². The van der Waals surface area contributed by atoms with E-state index in [2.05, 4.69) is 4.90 Å². The Balaban J connectivity index is 1.45. The number of anilines is 3. The molecular weight excluding hydrogens is 447 g/mol. The third-order valence-corrected chi connectivity index (χ3v) is 7.47. The fraction of sp³-hybridized carbons (Fsp3) is 0.435. The molecule has 10 heteroatoms. The molecule has 33 heavy (non-hydrogen) atoms. The van der Waals surface area contributed by atoms with Gasteiger partial charge in [0.25, 0.3) is 0 Å². The van der Waals surface area contributed by atoms with Crippen LogP contribution in [0.3, 0.4) is 0 Å². The standard InChI is InChI=1S/C23H31FN4O4S/c1-23(2,3)32-22(29)26-15-12-25(13-16-26)14-17-27-20-11-7-10-19(24)21(20)28(33(27,30)31)18-8-5-4-6-9-18/h4-11,30-31H,12-17H2,1-3H3. The average molecular weight is 479 g/mol. The fourth-order valence-electron chi connectivity index (χ4n) is 4.05. The monoisotopic (exact) mass is 478 g/mol. The van der Waals surface area contributed by atoms with Gasteiger partial charge >= 0.3 is 6.09 Å². The topological polar surface area (TPSA) is 79.7 Å². The number of rotatable bonds is 4. The van der Waals surface area contributed by atoms with Gasteiger partial charge in [-0.05, 0) is 56.0 Å². The van der Waals surface area contributed by atoms with Crippen LogP contribution in [0.4, 0.5) is 26.2 Å². The molecule has 0 aromatic heterocycles. The summed E-state index contributed by atoms with van der Waals surface area (Å²) < 4.78 is 45.5. The van der Waals surface area contributed by atoms with E-state index in [1.54, 1.807) is 41.3 Å².